The largest absolute Gasteiger partial charge is 0.480 e. The van der Waals surface area contributed by atoms with E-state index in [1.165, 1.54) is 23.2 Å². The van der Waals surface area contributed by atoms with Gasteiger partial charge in [0.15, 0.2) is 6.61 Å². The summed E-state index contributed by atoms with van der Waals surface area (Å²) in [5, 5.41) is 8.79. The van der Waals surface area contributed by atoms with Gasteiger partial charge in [-0.3, -0.25) is 14.5 Å². The summed E-state index contributed by atoms with van der Waals surface area (Å²) in [6, 6.07) is 2.79. The molecule has 1 aromatic rings. The van der Waals surface area contributed by atoms with Crippen LogP contribution in [-0.2, 0) is 9.53 Å². The maximum absolute atomic E-state index is 12.7. The lowest BCUT2D eigenvalue weighted by molar-refractivity contribution is -0.154. The first-order chi connectivity index (χ1) is 12.7. The highest BCUT2D eigenvalue weighted by atomic mass is 19.4. The molecule has 1 aromatic heterocycles. The number of hydrogen-bond acceptors (Lipinski definition) is 6. The predicted molar refractivity (Wildman–Crippen MR) is 86.6 cm³/mol. The first-order valence-corrected chi connectivity index (χ1v) is 8.11. The van der Waals surface area contributed by atoms with Crippen LogP contribution in [0.4, 0.5) is 13.2 Å². The van der Waals surface area contributed by atoms with E-state index < -0.39 is 30.8 Å². The number of carboxylic acids is 1. The van der Waals surface area contributed by atoms with Crippen molar-refractivity contribution >= 4 is 11.9 Å². The van der Waals surface area contributed by atoms with Crippen LogP contribution in [0.1, 0.15) is 10.4 Å². The highest BCUT2D eigenvalue weighted by Gasteiger charge is 2.31. The van der Waals surface area contributed by atoms with Crippen LogP contribution in [0.2, 0.25) is 0 Å². The van der Waals surface area contributed by atoms with Crippen LogP contribution in [0.5, 0.6) is 5.88 Å². The van der Waals surface area contributed by atoms with Crippen LogP contribution in [0.25, 0.3) is 0 Å². The SMILES string of the molecule is CN(CC(=O)O)CC1CN(C(=O)c2cccnc2OCC(F)(F)F)CCO1. The number of aromatic nitrogens is 1. The standard InChI is InChI=1S/C16H20F3N3O5/c1-21(9-13(23)24)7-11-8-22(5-6-26-11)15(25)12-3-2-4-20-14(12)27-10-16(17,18)19/h2-4,11H,5-10H2,1H3,(H,23,24). The van der Waals surface area contributed by atoms with Gasteiger partial charge in [0, 0.05) is 25.8 Å². The average Bonchev–Trinajstić information content (AvgIpc) is 2.58. The molecule has 0 saturated carbocycles. The number of alkyl halides is 3. The summed E-state index contributed by atoms with van der Waals surface area (Å²) in [7, 11) is 1.61. The molecule has 150 valence electrons. The van der Waals surface area contributed by atoms with E-state index in [0.29, 0.717) is 6.54 Å². The summed E-state index contributed by atoms with van der Waals surface area (Å²) >= 11 is 0. The van der Waals surface area contributed by atoms with E-state index in [1.807, 2.05) is 0 Å². The quantitative estimate of drug-likeness (QED) is 0.738. The summed E-state index contributed by atoms with van der Waals surface area (Å²) < 4.78 is 47.3. The monoisotopic (exact) mass is 391 g/mol. The maximum atomic E-state index is 12.7. The Morgan fingerprint density at radius 2 is 2.22 bits per heavy atom. The third-order valence-corrected chi connectivity index (χ3v) is 3.72. The molecule has 2 rings (SSSR count). The Bertz CT molecular complexity index is 671. The van der Waals surface area contributed by atoms with Gasteiger partial charge in [0.25, 0.3) is 5.91 Å². The van der Waals surface area contributed by atoms with Gasteiger partial charge < -0.3 is 19.5 Å². The molecule has 1 aliphatic rings. The van der Waals surface area contributed by atoms with E-state index in [9.17, 15) is 22.8 Å². The molecular formula is C16H20F3N3O5. The van der Waals surface area contributed by atoms with Gasteiger partial charge in [-0.1, -0.05) is 0 Å². The van der Waals surface area contributed by atoms with Crippen LogP contribution in [0, 0.1) is 0 Å². The average molecular weight is 391 g/mol. The molecule has 27 heavy (non-hydrogen) atoms. The first kappa shape index (κ1) is 20.9. The summed E-state index contributed by atoms with van der Waals surface area (Å²) in [6.45, 7) is -0.763. The Balaban J connectivity index is 2.03. The van der Waals surface area contributed by atoms with Crippen LogP contribution in [-0.4, -0.2) is 90.5 Å². The predicted octanol–water partition coefficient (Wildman–Crippen LogP) is 0.880. The number of aliphatic carboxylic acids is 1. The fourth-order valence-corrected chi connectivity index (χ4v) is 2.65. The fraction of sp³-hybridized carbons (Fsp3) is 0.562. The fourth-order valence-electron chi connectivity index (χ4n) is 2.65. The lowest BCUT2D eigenvalue weighted by atomic mass is 10.2. The number of ether oxygens (including phenoxy) is 2. The lowest BCUT2D eigenvalue weighted by Crippen LogP contribution is -2.49. The van der Waals surface area contributed by atoms with Crippen molar-refractivity contribution in [2.45, 2.75) is 12.3 Å². The molecule has 0 bridgehead atoms. The molecule has 1 fully saturated rings. The molecule has 1 saturated heterocycles. The van der Waals surface area contributed by atoms with Crippen molar-refractivity contribution in [1.29, 1.82) is 0 Å². The minimum absolute atomic E-state index is 0.0682. The second kappa shape index (κ2) is 9.00. The zero-order chi connectivity index (χ0) is 20.0. The van der Waals surface area contributed by atoms with Gasteiger partial charge in [0.1, 0.15) is 5.56 Å². The molecule has 1 N–H and O–H groups in total. The number of nitrogens with zero attached hydrogens (tertiary/aromatic N) is 3. The van der Waals surface area contributed by atoms with Gasteiger partial charge in [0.2, 0.25) is 5.88 Å². The molecule has 0 aliphatic carbocycles. The van der Waals surface area contributed by atoms with Crippen LogP contribution in [0.15, 0.2) is 18.3 Å². The number of likely N-dealkylation sites (N-methyl/N-ethyl adjacent to an activating group) is 1. The number of rotatable bonds is 7. The smallest absolute Gasteiger partial charge is 0.422 e. The van der Waals surface area contributed by atoms with Crippen molar-refractivity contribution in [2.24, 2.45) is 0 Å². The Labute approximate surface area is 153 Å². The van der Waals surface area contributed by atoms with Gasteiger partial charge >= 0.3 is 12.1 Å². The molecular weight excluding hydrogens is 371 g/mol. The Morgan fingerprint density at radius 1 is 1.48 bits per heavy atom. The lowest BCUT2D eigenvalue weighted by Gasteiger charge is -2.34. The molecule has 11 heteroatoms. The molecule has 1 amide bonds. The topological polar surface area (TPSA) is 92.2 Å². The van der Waals surface area contributed by atoms with Crippen molar-refractivity contribution in [3.8, 4) is 5.88 Å². The third-order valence-electron chi connectivity index (χ3n) is 3.72. The van der Waals surface area contributed by atoms with E-state index >= 15 is 0 Å². The molecule has 8 nitrogen and oxygen atoms in total. The molecule has 0 spiro atoms. The Hall–Kier alpha value is -2.40. The number of carboxylic acid groups (broad SMARTS) is 1. The van der Waals surface area contributed by atoms with Gasteiger partial charge in [-0.25, -0.2) is 4.98 Å². The van der Waals surface area contributed by atoms with Crippen molar-refractivity contribution < 1.29 is 37.3 Å². The number of hydrogen-bond donors (Lipinski definition) is 1. The zero-order valence-electron chi connectivity index (χ0n) is 14.6. The second-order valence-corrected chi connectivity index (χ2v) is 6.09. The van der Waals surface area contributed by atoms with E-state index in [-0.39, 0.29) is 37.7 Å². The van der Waals surface area contributed by atoms with Crippen molar-refractivity contribution in [3.63, 3.8) is 0 Å². The van der Waals surface area contributed by atoms with Gasteiger partial charge in [-0.15, -0.1) is 0 Å². The van der Waals surface area contributed by atoms with Crippen molar-refractivity contribution in [1.82, 2.24) is 14.8 Å². The highest BCUT2D eigenvalue weighted by molar-refractivity contribution is 5.96. The summed E-state index contributed by atoms with van der Waals surface area (Å²) in [5.41, 5.74) is -0.0682. The van der Waals surface area contributed by atoms with E-state index in [0.717, 1.165) is 0 Å². The molecule has 1 aliphatic heterocycles. The molecule has 2 heterocycles. The van der Waals surface area contributed by atoms with Crippen LogP contribution < -0.4 is 4.74 Å². The normalized spacial score (nSPS) is 17.8. The summed E-state index contributed by atoms with van der Waals surface area (Å²) in [4.78, 5) is 30.1. The van der Waals surface area contributed by atoms with Gasteiger partial charge in [-0.2, -0.15) is 13.2 Å². The number of carbonyl (C=O) groups excluding carboxylic acids is 1. The van der Waals surface area contributed by atoms with Gasteiger partial charge in [-0.05, 0) is 19.2 Å². The zero-order valence-corrected chi connectivity index (χ0v) is 14.6. The summed E-state index contributed by atoms with van der Waals surface area (Å²) in [5.74, 6) is -1.89. The minimum Gasteiger partial charge on any atom is -0.480 e. The number of carbonyl (C=O) groups is 2. The van der Waals surface area contributed by atoms with Crippen LogP contribution >= 0.6 is 0 Å². The van der Waals surface area contributed by atoms with Crippen molar-refractivity contribution in [2.75, 3.05) is 46.4 Å². The number of halogens is 3. The molecule has 0 aromatic carbocycles. The van der Waals surface area contributed by atoms with E-state index in [1.54, 1.807) is 11.9 Å². The van der Waals surface area contributed by atoms with Gasteiger partial charge in [0.05, 0.1) is 19.3 Å². The minimum atomic E-state index is -4.55. The highest BCUT2D eigenvalue weighted by Crippen LogP contribution is 2.22. The molecule has 1 atom stereocenters. The molecule has 1 unspecified atom stereocenters. The number of morpholine rings is 1. The Kier molecular flexibility index (Phi) is 6.97. The summed E-state index contributed by atoms with van der Waals surface area (Å²) in [6.07, 6.45) is -3.72. The third kappa shape index (κ3) is 6.68. The van der Waals surface area contributed by atoms with Crippen LogP contribution in [0.3, 0.4) is 0 Å². The van der Waals surface area contributed by atoms with E-state index in [2.05, 4.69) is 9.72 Å². The van der Waals surface area contributed by atoms with Crippen molar-refractivity contribution in [3.05, 3.63) is 23.9 Å². The molecule has 0 radical (unpaired) electrons. The first-order valence-electron chi connectivity index (χ1n) is 8.11. The Morgan fingerprint density at radius 3 is 2.89 bits per heavy atom. The second-order valence-electron chi connectivity index (χ2n) is 6.09. The maximum Gasteiger partial charge on any atom is 0.422 e. The van der Waals surface area contributed by atoms with E-state index in [4.69, 9.17) is 9.84 Å². The number of pyridine rings is 1. The number of amides is 1.